The van der Waals surface area contributed by atoms with Crippen LogP contribution in [-0.4, -0.2) is 11.9 Å². The molecule has 0 aliphatic rings. The standard InChI is InChI=1S/C12H19N3OS2/c1-4-9-5-6-17-12(9)18(14)15-11(16)10(13)7-8(2)3/h4-6,8,10H,1,7,13H2,2-3H3,(H2,14,15,16). The predicted molar refractivity (Wildman–Crippen MR) is 79.1 cm³/mol. The van der Waals surface area contributed by atoms with Crippen LogP contribution in [0, 0.1) is 5.92 Å². The summed E-state index contributed by atoms with van der Waals surface area (Å²) in [7, 11) is -0.936. The molecule has 18 heavy (non-hydrogen) atoms. The fourth-order valence-electron chi connectivity index (χ4n) is 1.44. The maximum absolute atomic E-state index is 11.8. The maximum Gasteiger partial charge on any atom is 0.269 e. The van der Waals surface area contributed by atoms with Crippen molar-refractivity contribution in [1.82, 2.24) is 0 Å². The van der Waals surface area contributed by atoms with Crippen LogP contribution in [0.1, 0.15) is 25.8 Å². The zero-order valence-electron chi connectivity index (χ0n) is 10.6. The summed E-state index contributed by atoms with van der Waals surface area (Å²) in [5, 5.41) is 7.84. The SMILES string of the molecule is C=Cc1ccsc1S(N)=NC(=O)C(N)CC(C)C. The molecule has 0 spiro atoms. The normalized spacial score (nSPS) is 14.7. The van der Waals surface area contributed by atoms with Gasteiger partial charge in [0, 0.05) is 16.4 Å². The highest BCUT2D eigenvalue weighted by molar-refractivity contribution is 7.87. The van der Waals surface area contributed by atoms with E-state index < -0.39 is 16.9 Å². The first kappa shape index (κ1) is 15.2. The minimum Gasteiger partial charge on any atom is -0.320 e. The Hall–Kier alpha value is -0.820. The molecule has 4 N–H and O–H groups in total. The smallest absolute Gasteiger partial charge is 0.269 e. The van der Waals surface area contributed by atoms with Crippen LogP contribution in [0.4, 0.5) is 0 Å². The Labute approximate surface area is 114 Å². The Kier molecular flexibility index (Phi) is 5.87. The lowest BCUT2D eigenvalue weighted by Crippen LogP contribution is -2.31. The van der Waals surface area contributed by atoms with E-state index in [1.165, 1.54) is 11.3 Å². The van der Waals surface area contributed by atoms with Gasteiger partial charge >= 0.3 is 0 Å². The molecule has 4 nitrogen and oxygen atoms in total. The van der Waals surface area contributed by atoms with Gasteiger partial charge < -0.3 is 5.73 Å². The van der Waals surface area contributed by atoms with Crippen LogP contribution in [0.25, 0.3) is 6.08 Å². The molecule has 0 bridgehead atoms. The van der Waals surface area contributed by atoms with Gasteiger partial charge in [-0.15, -0.1) is 11.3 Å². The van der Waals surface area contributed by atoms with Crippen molar-refractivity contribution in [3.63, 3.8) is 0 Å². The number of amides is 1. The largest absolute Gasteiger partial charge is 0.320 e. The molecule has 2 atom stereocenters. The number of carbonyl (C=O) groups excluding carboxylic acids is 1. The summed E-state index contributed by atoms with van der Waals surface area (Å²) in [6.45, 7) is 7.74. The Morgan fingerprint density at radius 1 is 1.67 bits per heavy atom. The number of hydrogen-bond donors (Lipinski definition) is 2. The van der Waals surface area contributed by atoms with E-state index in [9.17, 15) is 4.79 Å². The summed E-state index contributed by atoms with van der Waals surface area (Å²) in [6, 6.07) is 1.35. The van der Waals surface area contributed by atoms with Crippen molar-refractivity contribution in [2.75, 3.05) is 0 Å². The summed E-state index contributed by atoms with van der Waals surface area (Å²) in [5.74, 6) is 0.0436. The summed E-state index contributed by atoms with van der Waals surface area (Å²) in [5.41, 5.74) is 6.71. The number of carbonyl (C=O) groups is 1. The topological polar surface area (TPSA) is 81.5 Å². The second-order valence-corrected chi connectivity index (χ2v) is 6.74. The Morgan fingerprint density at radius 2 is 2.33 bits per heavy atom. The van der Waals surface area contributed by atoms with Gasteiger partial charge in [-0.25, -0.2) is 0 Å². The summed E-state index contributed by atoms with van der Waals surface area (Å²) < 4.78 is 4.86. The predicted octanol–water partition coefficient (Wildman–Crippen LogP) is 2.33. The minimum absolute atomic E-state index is 0.321. The molecule has 0 aliphatic carbocycles. The highest BCUT2D eigenvalue weighted by Crippen LogP contribution is 2.21. The molecule has 0 saturated heterocycles. The number of nitrogens with two attached hydrogens (primary N) is 2. The van der Waals surface area contributed by atoms with E-state index in [1.54, 1.807) is 6.08 Å². The monoisotopic (exact) mass is 285 g/mol. The molecule has 0 aromatic carbocycles. The molecule has 100 valence electrons. The van der Waals surface area contributed by atoms with Crippen molar-refractivity contribution in [2.24, 2.45) is 21.2 Å². The van der Waals surface area contributed by atoms with Crippen molar-refractivity contribution >= 4 is 34.2 Å². The molecule has 1 heterocycles. The van der Waals surface area contributed by atoms with E-state index in [0.717, 1.165) is 9.77 Å². The Bertz CT molecular complexity index is 466. The van der Waals surface area contributed by atoms with Crippen LogP contribution in [0.15, 0.2) is 26.6 Å². The van der Waals surface area contributed by atoms with E-state index in [-0.39, 0.29) is 5.91 Å². The average Bonchev–Trinajstić information content (AvgIpc) is 2.75. The third kappa shape index (κ3) is 4.13. The van der Waals surface area contributed by atoms with Gasteiger partial charge in [0.15, 0.2) is 0 Å². The molecule has 0 fully saturated rings. The maximum atomic E-state index is 11.8. The van der Waals surface area contributed by atoms with E-state index in [1.807, 2.05) is 25.3 Å². The summed E-state index contributed by atoms with van der Waals surface area (Å²) in [6.07, 6.45) is 2.34. The third-order valence-electron chi connectivity index (χ3n) is 2.30. The molecular weight excluding hydrogens is 266 g/mol. The lowest BCUT2D eigenvalue weighted by molar-refractivity contribution is -0.119. The van der Waals surface area contributed by atoms with Gasteiger partial charge in [-0.2, -0.15) is 4.36 Å². The number of hydrogen-bond acceptors (Lipinski definition) is 3. The third-order valence-corrected chi connectivity index (χ3v) is 4.81. The first-order chi connectivity index (χ1) is 8.45. The highest BCUT2D eigenvalue weighted by atomic mass is 32.2. The second-order valence-electron chi connectivity index (χ2n) is 4.35. The van der Waals surface area contributed by atoms with Crippen LogP contribution in [-0.2, 0) is 15.7 Å². The van der Waals surface area contributed by atoms with Gasteiger partial charge in [-0.3, -0.25) is 9.93 Å². The van der Waals surface area contributed by atoms with Crippen molar-refractivity contribution in [3.8, 4) is 0 Å². The zero-order valence-corrected chi connectivity index (χ0v) is 12.3. The molecule has 1 aromatic heterocycles. The van der Waals surface area contributed by atoms with Gasteiger partial charge in [-0.05, 0) is 23.8 Å². The molecular formula is C12H19N3OS2. The lowest BCUT2D eigenvalue weighted by atomic mass is 10.0. The molecule has 0 radical (unpaired) electrons. The van der Waals surface area contributed by atoms with Gasteiger partial charge in [0.05, 0.1) is 10.3 Å². The lowest BCUT2D eigenvalue weighted by Gasteiger charge is -2.10. The quantitative estimate of drug-likeness (QED) is 0.871. The second kappa shape index (κ2) is 6.94. The zero-order chi connectivity index (χ0) is 13.7. The van der Waals surface area contributed by atoms with Gasteiger partial charge in [0.25, 0.3) is 5.91 Å². The minimum atomic E-state index is -0.936. The van der Waals surface area contributed by atoms with Gasteiger partial charge in [0.2, 0.25) is 0 Å². The first-order valence-electron chi connectivity index (χ1n) is 5.65. The molecule has 1 aromatic rings. The highest BCUT2D eigenvalue weighted by Gasteiger charge is 2.15. The molecule has 0 aliphatic heterocycles. The van der Waals surface area contributed by atoms with Crippen LogP contribution < -0.4 is 10.9 Å². The van der Waals surface area contributed by atoms with Gasteiger partial charge in [-0.1, -0.05) is 26.5 Å². The van der Waals surface area contributed by atoms with Crippen molar-refractivity contribution in [3.05, 3.63) is 23.6 Å². The van der Waals surface area contributed by atoms with Crippen LogP contribution in [0.5, 0.6) is 0 Å². The average molecular weight is 285 g/mol. The van der Waals surface area contributed by atoms with Crippen LogP contribution >= 0.6 is 11.3 Å². The molecule has 1 rings (SSSR count). The van der Waals surface area contributed by atoms with E-state index in [0.29, 0.717) is 12.3 Å². The van der Waals surface area contributed by atoms with E-state index in [4.69, 9.17) is 10.9 Å². The van der Waals surface area contributed by atoms with Gasteiger partial charge in [0.1, 0.15) is 0 Å². The van der Waals surface area contributed by atoms with E-state index in [2.05, 4.69) is 10.9 Å². The molecule has 1 amide bonds. The number of thiophene rings is 1. The molecule has 6 heteroatoms. The Morgan fingerprint density at radius 3 is 2.89 bits per heavy atom. The molecule has 2 unspecified atom stereocenters. The fourth-order valence-corrected chi connectivity index (χ4v) is 3.54. The summed E-state index contributed by atoms with van der Waals surface area (Å²) in [4.78, 5) is 11.8. The van der Waals surface area contributed by atoms with Crippen molar-refractivity contribution in [2.45, 2.75) is 30.5 Å². The van der Waals surface area contributed by atoms with Crippen molar-refractivity contribution in [1.29, 1.82) is 0 Å². The van der Waals surface area contributed by atoms with Crippen LogP contribution in [0.2, 0.25) is 0 Å². The fraction of sp³-hybridized carbons (Fsp3) is 0.417. The van der Waals surface area contributed by atoms with Crippen molar-refractivity contribution < 1.29 is 4.79 Å². The summed E-state index contributed by atoms with van der Waals surface area (Å²) >= 11 is 1.48. The Balaban J connectivity index is 2.83. The van der Waals surface area contributed by atoms with E-state index >= 15 is 0 Å². The number of nitrogens with zero attached hydrogens (tertiary/aromatic N) is 1. The van der Waals surface area contributed by atoms with Crippen LogP contribution in [0.3, 0.4) is 0 Å². The number of rotatable bonds is 5. The first-order valence-corrected chi connectivity index (χ1v) is 7.78. The molecule has 0 saturated carbocycles.